The number of halogens is 1. The predicted octanol–water partition coefficient (Wildman–Crippen LogP) is 3.07. The first-order valence-corrected chi connectivity index (χ1v) is 7.51. The molecule has 25 heavy (non-hydrogen) atoms. The van der Waals surface area contributed by atoms with E-state index in [4.69, 9.17) is 0 Å². The van der Waals surface area contributed by atoms with Crippen LogP contribution in [0.2, 0.25) is 0 Å². The Morgan fingerprint density at radius 1 is 0.880 bits per heavy atom. The second-order valence-corrected chi connectivity index (χ2v) is 5.24. The molecule has 2 amide bonds. The summed E-state index contributed by atoms with van der Waals surface area (Å²) in [7, 11) is 0. The van der Waals surface area contributed by atoms with E-state index in [-0.39, 0.29) is 5.56 Å². The van der Waals surface area contributed by atoms with Crippen LogP contribution in [0.3, 0.4) is 0 Å². The summed E-state index contributed by atoms with van der Waals surface area (Å²) in [5.41, 5.74) is 2.77. The zero-order valence-electron chi connectivity index (χ0n) is 13.1. The lowest BCUT2D eigenvalue weighted by molar-refractivity contribution is -0.136. The standard InChI is InChI=1S/C19H14FN3O2/c20-17-8-4-3-7-15(17)12-21-23-19(25)18(24)22-16-10-9-13-5-1-2-6-14(13)11-16/h1-12H,(H,22,24)(H,23,25)/b21-12-. The maximum atomic E-state index is 13.4. The highest BCUT2D eigenvalue weighted by Crippen LogP contribution is 2.18. The van der Waals surface area contributed by atoms with Crippen LogP contribution < -0.4 is 10.7 Å². The van der Waals surface area contributed by atoms with Crippen LogP contribution in [0.5, 0.6) is 0 Å². The van der Waals surface area contributed by atoms with Gasteiger partial charge in [-0.2, -0.15) is 5.10 Å². The van der Waals surface area contributed by atoms with E-state index in [2.05, 4.69) is 15.8 Å². The molecule has 124 valence electrons. The van der Waals surface area contributed by atoms with Crippen molar-refractivity contribution in [2.45, 2.75) is 0 Å². The molecule has 0 aliphatic rings. The zero-order valence-corrected chi connectivity index (χ0v) is 13.1. The molecule has 0 saturated heterocycles. The Morgan fingerprint density at radius 2 is 1.60 bits per heavy atom. The van der Waals surface area contributed by atoms with Crippen LogP contribution in [0, 0.1) is 5.82 Å². The molecule has 0 saturated carbocycles. The van der Waals surface area contributed by atoms with E-state index in [1.165, 1.54) is 12.1 Å². The van der Waals surface area contributed by atoms with Crippen molar-refractivity contribution in [3.05, 3.63) is 78.1 Å². The van der Waals surface area contributed by atoms with Gasteiger partial charge in [-0.25, -0.2) is 9.82 Å². The summed E-state index contributed by atoms with van der Waals surface area (Å²) in [5.74, 6) is -2.28. The highest BCUT2D eigenvalue weighted by Gasteiger charge is 2.13. The lowest BCUT2D eigenvalue weighted by atomic mass is 10.1. The van der Waals surface area contributed by atoms with Gasteiger partial charge in [-0.15, -0.1) is 0 Å². The van der Waals surface area contributed by atoms with Gasteiger partial charge < -0.3 is 5.32 Å². The fraction of sp³-hybridized carbons (Fsp3) is 0. The van der Waals surface area contributed by atoms with Gasteiger partial charge >= 0.3 is 11.8 Å². The Hall–Kier alpha value is -3.54. The van der Waals surface area contributed by atoms with Crippen molar-refractivity contribution in [2.75, 3.05) is 5.32 Å². The van der Waals surface area contributed by atoms with Crippen molar-refractivity contribution in [3.8, 4) is 0 Å². The molecule has 5 nitrogen and oxygen atoms in total. The minimum absolute atomic E-state index is 0.206. The summed E-state index contributed by atoms with van der Waals surface area (Å²) in [6.07, 6.45) is 1.14. The van der Waals surface area contributed by atoms with E-state index in [1.807, 2.05) is 30.3 Å². The SMILES string of the molecule is O=C(N/N=C\c1ccccc1F)C(=O)Nc1ccc2ccccc2c1. The molecule has 0 aromatic heterocycles. The third-order valence-electron chi connectivity index (χ3n) is 3.49. The topological polar surface area (TPSA) is 70.6 Å². The Bertz CT molecular complexity index is 970. The molecule has 0 atom stereocenters. The molecule has 0 spiro atoms. The van der Waals surface area contributed by atoms with Gasteiger partial charge in [0.05, 0.1) is 6.21 Å². The monoisotopic (exact) mass is 335 g/mol. The van der Waals surface area contributed by atoms with E-state index in [1.54, 1.807) is 24.3 Å². The maximum Gasteiger partial charge on any atom is 0.329 e. The van der Waals surface area contributed by atoms with Crippen LogP contribution in [0.25, 0.3) is 10.8 Å². The number of carbonyl (C=O) groups excluding carboxylic acids is 2. The largest absolute Gasteiger partial charge is 0.329 e. The van der Waals surface area contributed by atoms with Gasteiger partial charge in [-0.05, 0) is 29.0 Å². The van der Waals surface area contributed by atoms with Crippen molar-refractivity contribution in [2.24, 2.45) is 5.10 Å². The number of hydrogen-bond acceptors (Lipinski definition) is 3. The van der Waals surface area contributed by atoms with E-state index in [0.717, 1.165) is 17.0 Å². The molecule has 3 aromatic carbocycles. The highest BCUT2D eigenvalue weighted by molar-refractivity contribution is 6.39. The molecule has 3 aromatic rings. The molecule has 6 heteroatoms. The molecule has 2 N–H and O–H groups in total. The van der Waals surface area contributed by atoms with Crippen LogP contribution in [0.15, 0.2) is 71.8 Å². The molecule has 0 aliphatic carbocycles. The van der Waals surface area contributed by atoms with Crippen LogP contribution in [-0.2, 0) is 9.59 Å². The lowest BCUT2D eigenvalue weighted by Crippen LogP contribution is -2.32. The number of nitrogens with one attached hydrogen (secondary N) is 2. The van der Waals surface area contributed by atoms with Crippen molar-refractivity contribution < 1.29 is 14.0 Å². The minimum Gasteiger partial charge on any atom is -0.318 e. The smallest absolute Gasteiger partial charge is 0.318 e. The fourth-order valence-corrected chi connectivity index (χ4v) is 2.25. The van der Waals surface area contributed by atoms with Crippen molar-refractivity contribution in [3.63, 3.8) is 0 Å². The first-order chi connectivity index (χ1) is 12.1. The number of rotatable bonds is 3. The third-order valence-corrected chi connectivity index (χ3v) is 3.49. The summed E-state index contributed by atoms with van der Waals surface area (Å²) >= 11 is 0. The van der Waals surface area contributed by atoms with E-state index in [9.17, 15) is 14.0 Å². The summed E-state index contributed by atoms with van der Waals surface area (Å²) in [6, 6.07) is 18.9. The Labute approximate surface area is 143 Å². The molecule has 0 heterocycles. The van der Waals surface area contributed by atoms with Gasteiger partial charge in [0.25, 0.3) is 0 Å². The summed E-state index contributed by atoms with van der Waals surface area (Å²) in [5, 5.41) is 8.05. The molecular weight excluding hydrogens is 321 g/mol. The molecule has 0 fully saturated rings. The molecule has 0 unspecified atom stereocenters. The first-order valence-electron chi connectivity index (χ1n) is 7.51. The third kappa shape index (κ3) is 4.06. The van der Waals surface area contributed by atoms with E-state index in [0.29, 0.717) is 5.69 Å². The second-order valence-electron chi connectivity index (χ2n) is 5.24. The fourth-order valence-electron chi connectivity index (χ4n) is 2.25. The van der Waals surface area contributed by atoms with Gasteiger partial charge in [0, 0.05) is 11.3 Å². The predicted molar refractivity (Wildman–Crippen MR) is 94.7 cm³/mol. The normalized spacial score (nSPS) is 10.8. The zero-order chi connectivity index (χ0) is 17.6. The van der Waals surface area contributed by atoms with E-state index >= 15 is 0 Å². The molecular formula is C19H14FN3O2. The average Bonchev–Trinajstić information content (AvgIpc) is 2.63. The Morgan fingerprint density at radius 3 is 2.40 bits per heavy atom. The number of carbonyl (C=O) groups is 2. The first kappa shape index (κ1) is 16.3. The highest BCUT2D eigenvalue weighted by atomic mass is 19.1. The van der Waals surface area contributed by atoms with Crippen molar-refractivity contribution in [1.29, 1.82) is 0 Å². The van der Waals surface area contributed by atoms with Gasteiger partial charge in [-0.1, -0.05) is 48.5 Å². The average molecular weight is 335 g/mol. The van der Waals surface area contributed by atoms with Gasteiger partial charge in [0.2, 0.25) is 0 Å². The quantitative estimate of drug-likeness (QED) is 0.439. The summed E-state index contributed by atoms with van der Waals surface area (Å²) in [4.78, 5) is 23.6. The number of fused-ring (bicyclic) bond motifs is 1. The number of hydrazone groups is 1. The minimum atomic E-state index is -0.944. The summed E-state index contributed by atoms with van der Waals surface area (Å²) in [6.45, 7) is 0. The number of nitrogens with zero attached hydrogens (tertiary/aromatic N) is 1. The Kier molecular flexibility index (Phi) is 4.80. The second kappa shape index (κ2) is 7.35. The molecule has 0 aliphatic heterocycles. The summed E-state index contributed by atoms with van der Waals surface area (Å²) < 4.78 is 13.4. The number of benzene rings is 3. The van der Waals surface area contributed by atoms with Crippen LogP contribution in [0.4, 0.5) is 10.1 Å². The van der Waals surface area contributed by atoms with Crippen molar-refractivity contribution in [1.82, 2.24) is 5.43 Å². The maximum absolute atomic E-state index is 13.4. The molecule has 0 bridgehead atoms. The number of amides is 2. The lowest BCUT2D eigenvalue weighted by Gasteiger charge is -2.05. The molecule has 3 rings (SSSR count). The molecule has 0 radical (unpaired) electrons. The van der Waals surface area contributed by atoms with Crippen LogP contribution in [0.1, 0.15) is 5.56 Å². The number of anilines is 1. The number of hydrogen-bond donors (Lipinski definition) is 2. The van der Waals surface area contributed by atoms with Crippen LogP contribution in [-0.4, -0.2) is 18.0 Å². The van der Waals surface area contributed by atoms with Gasteiger partial charge in [-0.3, -0.25) is 9.59 Å². The van der Waals surface area contributed by atoms with E-state index < -0.39 is 17.6 Å². The Balaban J connectivity index is 1.62. The van der Waals surface area contributed by atoms with Gasteiger partial charge in [0.1, 0.15) is 5.82 Å². The van der Waals surface area contributed by atoms with Crippen LogP contribution >= 0.6 is 0 Å². The van der Waals surface area contributed by atoms with Crippen molar-refractivity contribution >= 4 is 34.5 Å². The van der Waals surface area contributed by atoms with Gasteiger partial charge in [0.15, 0.2) is 0 Å².